The predicted molar refractivity (Wildman–Crippen MR) is 96.7 cm³/mol. The lowest BCUT2D eigenvalue weighted by molar-refractivity contribution is -0.384. The number of nitrogens with zero attached hydrogens (tertiary/aromatic N) is 2. The van der Waals surface area contributed by atoms with Crippen molar-refractivity contribution >= 4 is 33.8 Å². The average Bonchev–Trinajstić information content (AvgIpc) is 3.22. The van der Waals surface area contributed by atoms with Gasteiger partial charge in [0.2, 0.25) is 0 Å². The van der Waals surface area contributed by atoms with Crippen molar-refractivity contribution in [1.82, 2.24) is 15.5 Å². The molecule has 0 spiro atoms. The highest BCUT2D eigenvalue weighted by Crippen LogP contribution is 2.27. The molecule has 8 heteroatoms. The molecule has 0 bridgehead atoms. The molecule has 2 aromatic heterocycles. The van der Waals surface area contributed by atoms with Gasteiger partial charge in [0.05, 0.1) is 16.5 Å². The summed E-state index contributed by atoms with van der Waals surface area (Å²) in [5.74, 6) is 0.0650. The van der Waals surface area contributed by atoms with E-state index in [9.17, 15) is 14.9 Å². The van der Waals surface area contributed by atoms with E-state index in [0.717, 1.165) is 11.3 Å². The zero-order valence-corrected chi connectivity index (χ0v) is 14.7. The topological polar surface area (TPSA) is 101 Å². The number of carbonyl (C=O) groups excluding carboxylic acids is 1. The van der Waals surface area contributed by atoms with Crippen LogP contribution in [-0.4, -0.2) is 21.0 Å². The van der Waals surface area contributed by atoms with E-state index in [0.29, 0.717) is 16.8 Å². The van der Waals surface area contributed by atoms with Crippen molar-refractivity contribution < 1.29 is 9.72 Å². The Morgan fingerprint density at radius 1 is 1.40 bits per heavy atom. The molecule has 25 heavy (non-hydrogen) atoms. The number of non-ortho nitro benzene ring substituents is 1. The molecule has 0 aliphatic carbocycles. The smallest absolute Gasteiger partial charge is 0.272 e. The summed E-state index contributed by atoms with van der Waals surface area (Å²) < 4.78 is 0. The van der Waals surface area contributed by atoms with Gasteiger partial charge in [-0.25, -0.2) is 0 Å². The van der Waals surface area contributed by atoms with Gasteiger partial charge in [-0.1, -0.05) is 19.9 Å². The first kappa shape index (κ1) is 17.1. The number of thiophene rings is 1. The standard InChI is InChI=1S/C17H18N4O3S/c1-10(2)8-14(15-4-3-7-25-15)18-17(22)16-12-9-11(21(23)24)5-6-13(12)19-20-16/h3-7,9-10,14H,8H2,1-2H3,(H,18,22)(H,19,20). The third-order valence-corrected chi connectivity index (χ3v) is 4.86. The Kier molecular flexibility index (Phi) is 4.80. The number of nitro groups is 1. The molecule has 0 aliphatic rings. The number of nitrogens with one attached hydrogen (secondary N) is 2. The quantitative estimate of drug-likeness (QED) is 0.513. The number of hydrogen-bond acceptors (Lipinski definition) is 5. The third kappa shape index (κ3) is 3.69. The van der Waals surface area contributed by atoms with E-state index in [2.05, 4.69) is 29.4 Å². The molecule has 1 amide bonds. The van der Waals surface area contributed by atoms with E-state index in [4.69, 9.17) is 0 Å². The lowest BCUT2D eigenvalue weighted by Crippen LogP contribution is -2.29. The van der Waals surface area contributed by atoms with Crippen molar-refractivity contribution in [3.63, 3.8) is 0 Å². The zero-order valence-electron chi connectivity index (χ0n) is 13.9. The first-order valence-corrected chi connectivity index (χ1v) is 8.80. The van der Waals surface area contributed by atoms with Crippen LogP contribution in [0, 0.1) is 16.0 Å². The Bertz CT molecular complexity index is 902. The maximum atomic E-state index is 12.7. The van der Waals surface area contributed by atoms with Crippen LogP contribution in [0.15, 0.2) is 35.7 Å². The van der Waals surface area contributed by atoms with E-state index in [1.54, 1.807) is 17.4 Å². The fourth-order valence-electron chi connectivity index (χ4n) is 2.72. The van der Waals surface area contributed by atoms with Crippen molar-refractivity contribution in [2.45, 2.75) is 26.3 Å². The number of H-pyrrole nitrogens is 1. The highest BCUT2D eigenvalue weighted by Gasteiger charge is 2.22. The van der Waals surface area contributed by atoms with Crippen LogP contribution >= 0.6 is 11.3 Å². The molecular formula is C17H18N4O3S. The lowest BCUT2D eigenvalue weighted by atomic mass is 10.0. The minimum absolute atomic E-state index is 0.0695. The number of aromatic nitrogens is 2. The lowest BCUT2D eigenvalue weighted by Gasteiger charge is -2.19. The largest absolute Gasteiger partial charge is 0.343 e. The molecule has 3 rings (SSSR count). The highest BCUT2D eigenvalue weighted by atomic mass is 32.1. The van der Waals surface area contributed by atoms with Gasteiger partial charge in [-0.2, -0.15) is 5.10 Å². The molecular weight excluding hydrogens is 340 g/mol. The Balaban J connectivity index is 1.90. The van der Waals surface area contributed by atoms with Gasteiger partial charge in [-0.05, 0) is 29.9 Å². The summed E-state index contributed by atoms with van der Waals surface area (Å²) in [6.45, 7) is 4.19. The van der Waals surface area contributed by atoms with Crippen molar-refractivity contribution in [3.05, 3.63) is 56.4 Å². The zero-order chi connectivity index (χ0) is 18.0. The first-order valence-electron chi connectivity index (χ1n) is 7.92. The minimum atomic E-state index is -0.485. The molecule has 0 fully saturated rings. The fourth-order valence-corrected chi connectivity index (χ4v) is 3.51. The average molecular weight is 358 g/mol. The normalized spacial score (nSPS) is 12.4. The molecule has 1 aromatic carbocycles. The van der Waals surface area contributed by atoms with Crippen LogP contribution < -0.4 is 5.32 Å². The number of carbonyl (C=O) groups is 1. The summed E-state index contributed by atoms with van der Waals surface area (Å²) in [6, 6.07) is 8.14. The molecule has 0 radical (unpaired) electrons. The van der Waals surface area contributed by atoms with Crippen molar-refractivity contribution in [1.29, 1.82) is 0 Å². The molecule has 1 unspecified atom stereocenters. The predicted octanol–water partition coefficient (Wildman–Crippen LogP) is 4.05. The van der Waals surface area contributed by atoms with Crippen LogP contribution in [0.4, 0.5) is 5.69 Å². The molecule has 130 valence electrons. The van der Waals surface area contributed by atoms with Gasteiger partial charge in [0.1, 0.15) is 0 Å². The number of fused-ring (bicyclic) bond motifs is 1. The van der Waals surface area contributed by atoms with Gasteiger partial charge >= 0.3 is 0 Å². The summed E-state index contributed by atoms with van der Waals surface area (Å²) in [7, 11) is 0. The van der Waals surface area contributed by atoms with Gasteiger partial charge in [-0.3, -0.25) is 20.0 Å². The van der Waals surface area contributed by atoms with E-state index < -0.39 is 4.92 Å². The van der Waals surface area contributed by atoms with Gasteiger partial charge in [0.25, 0.3) is 11.6 Å². The Morgan fingerprint density at radius 3 is 2.84 bits per heavy atom. The number of amides is 1. The second-order valence-corrected chi connectivity index (χ2v) is 7.21. The summed E-state index contributed by atoms with van der Waals surface area (Å²) in [5, 5.41) is 23.2. The van der Waals surface area contributed by atoms with E-state index in [1.807, 2.05) is 17.5 Å². The van der Waals surface area contributed by atoms with Crippen LogP contribution in [0.3, 0.4) is 0 Å². The Hall–Kier alpha value is -2.74. The van der Waals surface area contributed by atoms with Gasteiger partial charge < -0.3 is 5.32 Å². The molecule has 1 atom stereocenters. The monoisotopic (exact) mass is 358 g/mol. The minimum Gasteiger partial charge on any atom is -0.343 e. The third-order valence-electron chi connectivity index (χ3n) is 3.87. The van der Waals surface area contributed by atoms with Gasteiger partial charge in [-0.15, -0.1) is 11.3 Å². The van der Waals surface area contributed by atoms with E-state index in [1.165, 1.54) is 12.1 Å². The van der Waals surface area contributed by atoms with Crippen molar-refractivity contribution in [2.75, 3.05) is 0 Å². The molecule has 0 saturated heterocycles. The summed E-state index contributed by atoms with van der Waals surface area (Å²) >= 11 is 1.59. The Morgan fingerprint density at radius 2 is 2.20 bits per heavy atom. The fraction of sp³-hybridized carbons (Fsp3) is 0.294. The number of rotatable bonds is 6. The van der Waals surface area contributed by atoms with Crippen LogP contribution in [0.1, 0.15) is 41.7 Å². The van der Waals surface area contributed by atoms with Crippen LogP contribution in [0.5, 0.6) is 0 Å². The summed E-state index contributed by atoms with van der Waals surface area (Å²) in [6.07, 6.45) is 0.800. The van der Waals surface area contributed by atoms with Crippen LogP contribution in [0.2, 0.25) is 0 Å². The molecule has 2 N–H and O–H groups in total. The Labute approximate surface area is 148 Å². The maximum Gasteiger partial charge on any atom is 0.272 e. The maximum absolute atomic E-state index is 12.7. The first-order chi connectivity index (χ1) is 12.0. The van der Waals surface area contributed by atoms with Crippen molar-refractivity contribution in [2.24, 2.45) is 5.92 Å². The number of aromatic amines is 1. The van der Waals surface area contributed by atoms with E-state index in [-0.39, 0.29) is 23.3 Å². The van der Waals surface area contributed by atoms with Gasteiger partial charge in [0, 0.05) is 22.4 Å². The van der Waals surface area contributed by atoms with Gasteiger partial charge in [0.15, 0.2) is 5.69 Å². The summed E-state index contributed by atoms with van der Waals surface area (Å²) in [4.78, 5) is 24.3. The SMILES string of the molecule is CC(C)CC(NC(=O)c1n[nH]c2ccc([N+](=O)[O-])cc12)c1cccs1. The molecule has 3 aromatic rings. The number of benzene rings is 1. The molecule has 2 heterocycles. The molecule has 7 nitrogen and oxygen atoms in total. The number of nitro benzene ring substituents is 1. The van der Waals surface area contributed by atoms with Crippen LogP contribution in [-0.2, 0) is 0 Å². The molecule has 0 saturated carbocycles. The second-order valence-electron chi connectivity index (χ2n) is 6.23. The highest BCUT2D eigenvalue weighted by molar-refractivity contribution is 7.10. The number of hydrogen-bond donors (Lipinski definition) is 2. The van der Waals surface area contributed by atoms with E-state index >= 15 is 0 Å². The van der Waals surface area contributed by atoms with Crippen LogP contribution in [0.25, 0.3) is 10.9 Å². The second kappa shape index (κ2) is 7.02. The summed E-state index contributed by atoms with van der Waals surface area (Å²) in [5.41, 5.74) is 0.691. The van der Waals surface area contributed by atoms with Crippen molar-refractivity contribution in [3.8, 4) is 0 Å². The molecule has 0 aliphatic heterocycles.